The second kappa shape index (κ2) is 42.3. The summed E-state index contributed by atoms with van der Waals surface area (Å²) in [5.41, 5.74) is 0. The van der Waals surface area contributed by atoms with Gasteiger partial charge in [0.25, 0.3) is 7.82 Å². The zero-order valence-corrected chi connectivity index (χ0v) is 40.3. The molecule has 0 aliphatic carbocycles. The van der Waals surface area contributed by atoms with E-state index in [-0.39, 0.29) is 26.1 Å². The zero-order valence-electron chi connectivity index (χ0n) is 39.4. The van der Waals surface area contributed by atoms with Crippen LogP contribution in [-0.4, -0.2) is 70.0 Å². The highest BCUT2D eigenvalue weighted by Gasteiger charge is 2.21. The molecule has 0 aromatic rings. The van der Waals surface area contributed by atoms with Crippen LogP contribution in [0.25, 0.3) is 0 Å². The lowest BCUT2D eigenvalue weighted by Gasteiger charge is -2.28. The van der Waals surface area contributed by atoms with Crippen molar-refractivity contribution in [2.75, 3.05) is 47.5 Å². The molecule has 0 aliphatic heterocycles. The Morgan fingerprint density at radius 2 is 0.933 bits per heavy atom. The van der Waals surface area contributed by atoms with E-state index in [4.69, 9.17) is 18.5 Å². The molecule has 0 spiro atoms. The third kappa shape index (κ3) is 45.5. The van der Waals surface area contributed by atoms with Crippen molar-refractivity contribution in [2.45, 2.75) is 213 Å². The lowest BCUT2D eigenvalue weighted by atomic mass is 10.0. The average Bonchev–Trinajstić information content (AvgIpc) is 3.20. The van der Waals surface area contributed by atoms with Crippen LogP contribution in [0.2, 0.25) is 0 Å². The first-order chi connectivity index (χ1) is 29.0. The maximum Gasteiger partial charge on any atom is 0.306 e. The van der Waals surface area contributed by atoms with Gasteiger partial charge in [-0.15, -0.1) is 0 Å². The maximum absolute atomic E-state index is 12.7. The van der Waals surface area contributed by atoms with Crippen molar-refractivity contribution >= 4 is 19.8 Å². The van der Waals surface area contributed by atoms with Crippen LogP contribution in [0.4, 0.5) is 0 Å². The van der Waals surface area contributed by atoms with Gasteiger partial charge in [0.05, 0.1) is 27.7 Å². The molecule has 2 atom stereocenters. The smallest absolute Gasteiger partial charge is 0.306 e. The van der Waals surface area contributed by atoms with Crippen LogP contribution in [0.3, 0.4) is 0 Å². The summed E-state index contributed by atoms with van der Waals surface area (Å²) in [5.74, 6) is -0.865. The van der Waals surface area contributed by atoms with Crippen molar-refractivity contribution in [1.82, 2.24) is 0 Å². The van der Waals surface area contributed by atoms with Gasteiger partial charge in [-0.3, -0.25) is 14.2 Å². The summed E-state index contributed by atoms with van der Waals surface area (Å²) in [4.78, 5) is 37.6. The van der Waals surface area contributed by atoms with Crippen LogP contribution >= 0.6 is 7.82 Å². The first-order valence-electron chi connectivity index (χ1n) is 24.3. The highest BCUT2D eigenvalue weighted by Crippen LogP contribution is 2.38. The molecule has 0 rings (SSSR count). The minimum atomic E-state index is -4.64. The molecule has 0 aromatic carbocycles. The van der Waals surface area contributed by atoms with Crippen LogP contribution in [-0.2, 0) is 32.7 Å². The van der Waals surface area contributed by atoms with Crippen molar-refractivity contribution in [3.63, 3.8) is 0 Å². The van der Waals surface area contributed by atoms with Gasteiger partial charge in [0.2, 0.25) is 0 Å². The Labute approximate surface area is 369 Å². The molecule has 9 nitrogen and oxygen atoms in total. The van der Waals surface area contributed by atoms with E-state index in [1.807, 2.05) is 21.1 Å². The Morgan fingerprint density at radius 3 is 1.40 bits per heavy atom. The number of carbonyl (C=O) groups excluding carboxylic acids is 2. The molecule has 60 heavy (non-hydrogen) atoms. The van der Waals surface area contributed by atoms with Crippen LogP contribution in [0, 0.1) is 0 Å². The van der Waals surface area contributed by atoms with Crippen molar-refractivity contribution in [2.24, 2.45) is 0 Å². The second-order valence-corrected chi connectivity index (χ2v) is 18.9. The fraction of sp³-hybridized carbons (Fsp3) is 0.800. The molecule has 0 aromatic heterocycles. The van der Waals surface area contributed by atoms with Gasteiger partial charge in [-0.1, -0.05) is 191 Å². The van der Waals surface area contributed by atoms with Gasteiger partial charge >= 0.3 is 11.9 Å². The van der Waals surface area contributed by atoms with Crippen LogP contribution < -0.4 is 4.89 Å². The zero-order chi connectivity index (χ0) is 44.3. The number of rotatable bonds is 44. The van der Waals surface area contributed by atoms with Gasteiger partial charge < -0.3 is 27.9 Å². The van der Waals surface area contributed by atoms with Gasteiger partial charge in [0.15, 0.2) is 6.10 Å². The Morgan fingerprint density at radius 1 is 0.517 bits per heavy atom. The Hall–Kier alpha value is -2.03. The average molecular weight is 866 g/mol. The number of quaternary nitrogens is 1. The predicted molar refractivity (Wildman–Crippen MR) is 250 cm³/mol. The molecule has 0 bridgehead atoms. The molecule has 0 N–H and O–H groups in total. The monoisotopic (exact) mass is 866 g/mol. The topological polar surface area (TPSA) is 111 Å². The fourth-order valence-corrected chi connectivity index (χ4v) is 7.26. The van der Waals surface area contributed by atoms with Crippen LogP contribution in [0.1, 0.15) is 206 Å². The lowest BCUT2D eigenvalue weighted by molar-refractivity contribution is -0.870. The van der Waals surface area contributed by atoms with Gasteiger partial charge in [-0.05, 0) is 51.4 Å². The van der Waals surface area contributed by atoms with E-state index in [0.29, 0.717) is 17.4 Å². The third-order valence-corrected chi connectivity index (χ3v) is 11.3. The number of unbranched alkanes of at least 4 members (excludes halogenated alkanes) is 22. The van der Waals surface area contributed by atoms with Gasteiger partial charge in [-0.2, -0.15) is 0 Å². The first kappa shape index (κ1) is 58.0. The lowest BCUT2D eigenvalue weighted by Crippen LogP contribution is -2.37. The van der Waals surface area contributed by atoms with Crippen molar-refractivity contribution < 1.29 is 42.1 Å². The predicted octanol–water partition coefficient (Wildman–Crippen LogP) is 13.6. The molecule has 10 heteroatoms. The largest absolute Gasteiger partial charge is 0.756 e. The summed E-state index contributed by atoms with van der Waals surface area (Å²) in [6.07, 6.45) is 50.0. The highest BCUT2D eigenvalue weighted by molar-refractivity contribution is 7.45. The number of nitrogens with zero attached hydrogens (tertiary/aromatic N) is 1. The number of hydrogen-bond acceptors (Lipinski definition) is 8. The summed E-state index contributed by atoms with van der Waals surface area (Å²) in [6, 6.07) is 0. The summed E-state index contributed by atoms with van der Waals surface area (Å²) in [7, 11) is 1.14. The van der Waals surface area contributed by atoms with E-state index in [2.05, 4.69) is 62.5 Å². The van der Waals surface area contributed by atoms with E-state index in [1.54, 1.807) is 0 Å². The first-order valence-corrected chi connectivity index (χ1v) is 25.8. The molecule has 0 saturated carbocycles. The number of carbonyl (C=O) groups is 2. The number of ether oxygens (including phenoxy) is 2. The number of phosphoric ester groups is 1. The molecule has 350 valence electrons. The normalized spacial score (nSPS) is 13.9. The number of phosphoric acid groups is 1. The van der Waals surface area contributed by atoms with Gasteiger partial charge in [0, 0.05) is 12.8 Å². The van der Waals surface area contributed by atoms with E-state index in [1.165, 1.54) is 109 Å². The molecule has 0 saturated heterocycles. The molecular formula is C50H92NO8P. The Balaban J connectivity index is 4.32. The molecule has 0 amide bonds. The van der Waals surface area contributed by atoms with E-state index in [9.17, 15) is 19.0 Å². The third-order valence-electron chi connectivity index (χ3n) is 10.3. The SMILES string of the molecule is CCC/C=C/C/C=C/C/C=C/C/C=C/CCCCCC(=O)O[C@H](COC(=O)CCCCCCCCCCCCCCCCCCCCC)COP(=O)([O-])OCC[N+](C)(C)C. The molecule has 0 radical (unpaired) electrons. The highest BCUT2D eigenvalue weighted by atomic mass is 31.2. The molecule has 1 unspecified atom stereocenters. The minimum Gasteiger partial charge on any atom is -0.756 e. The fourth-order valence-electron chi connectivity index (χ4n) is 6.53. The standard InChI is InChI=1S/C50H92NO8P/c1-6-8-10-12-14-16-18-20-22-24-25-27-28-30-32-34-36-38-40-42-49(52)56-46-48(47-58-60(54,55)57-45-44-51(3,4)5)59-50(53)43-41-39-37-35-33-31-29-26-23-21-19-17-15-13-11-9-7-2/h11,13,17,19,23,26,31,33,48H,6-10,12,14-16,18,20-22,24-25,27-30,32,34-47H2,1-5H3/b13-11+,19-17+,26-23+,33-31+/t48-/m1/s1. The Kier molecular flexibility index (Phi) is 40.8. The molecule has 0 heterocycles. The Bertz CT molecular complexity index is 1160. The summed E-state index contributed by atoms with van der Waals surface area (Å²) in [5, 5.41) is 0. The van der Waals surface area contributed by atoms with Gasteiger partial charge in [-0.25, -0.2) is 0 Å². The van der Waals surface area contributed by atoms with Crippen molar-refractivity contribution in [3.05, 3.63) is 48.6 Å². The molecule has 0 aliphatic rings. The van der Waals surface area contributed by atoms with Crippen LogP contribution in [0.5, 0.6) is 0 Å². The van der Waals surface area contributed by atoms with Crippen LogP contribution in [0.15, 0.2) is 48.6 Å². The second-order valence-electron chi connectivity index (χ2n) is 17.5. The molecule has 0 fully saturated rings. The maximum atomic E-state index is 12.7. The van der Waals surface area contributed by atoms with Crippen molar-refractivity contribution in [1.29, 1.82) is 0 Å². The summed E-state index contributed by atoms with van der Waals surface area (Å²) in [6.45, 7) is 4.14. The molecular weight excluding hydrogens is 774 g/mol. The summed E-state index contributed by atoms with van der Waals surface area (Å²) >= 11 is 0. The van der Waals surface area contributed by atoms with Crippen molar-refractivity contribution in [3.8, 4) is 0 Å². The van der Waals surface area contributed by atoms with E-state index in [0.717, 1.165) is 64.2 Å². The van der Waals surface area contributed by atoms with Gasteiger partial charge in [0.1, 0.15) is 19.8 Å². The summed E-state index contributed by atoms with van der Waals surface area (Å²) < 4.78 is 34.0. The quantitative estimate of drug-likeness (QED) is 0.0196. The minimum absolute atomic E-state index is 0.0376. The van der Waals surface area contributed by atoms with E-state index >= 15 is 0 Å². The van der Waals surface area contributed by atoms with E-state index < -0.39 is 32.5 Å². The number of hydrogen-bond donors (Lipinski definition) is 0. The number of likely N-dealkylation sites (N-methyl/N-ethyl adjacent to an activating group) is 1. The number of allylic oxidation sites excluding steroid dienone is 8. The number of esters is 2.